The van der Waals surface area contributed by atoms with Crippen LogP contribution in [-0.2, 0) is 6.54 Å². The second kappa shape index (κ2) is 11.2. The highest BCUT2D eigenvalue weighted by Gasteiger charge is 2.11. The molecular weight excluding hydrogens is 426 g/mol. The molecule has 0 radical (unpaired) electrons. The van der Waals surface area contributed by atoms with Crippen LogP contribution in [0.1, 0.15) is 34.3 Å². The van der Waals surface area contributed by atoms with Gasteiger partial charge in [0.1, 0.15) is 5.75 Å². The smallest absolute Gasteiger partial charge is 0.319 e. The molecule has 0 aromatic heterocycles. The van der Waals surface area contributed by atoms with E-state index in [0.717, 1.165) is 30.0 Å². The average molecular weight is 456 g/mol. The summed E-state index contributed by atoms with van der Waals surface area (Å²) in [6, 6.07) is 22.3. The molecule has 1 aliphatic heterocycles. The van der Waals surface area contributed by atoms with E-state index in [1.807, 2.05) is 42.5 Å². The van der Waals surface area contributed by atoms with Gasteiger partial charge in [-0.25, -0.2) is 4.79 Å². The number of carbonyl (C=O) groups excluding carboxylic acids is 2. The predicted molar refractivity (Wildman–Crippen MR) is 137 cm³/mol. The van der Waals surface area contributed by atoms with E-state index < -0.39 is 0 Å². The lowest BCUT2D eigenvalue weighted by Gasteiger charge is -2.17. The van der Waals surface area contributed by atoms with Gasteiger partial charge in [0.2, 0.25) is 0 Å². The monoisotopic (exact) mass is 455 g/mol. The van der Waals surface area contributed by atoms with E-state index in [4.69, 9.17) is 4.74 Å². The zero-order valence-electron chi connectivity index (χ0n) is 19.3. The van der Waals surface area contributed by atoms with Crippen LogP contribution >= 0.6 is 0 Å². The molecule has 0 unspecified atom stereocenters. The summed E-state index contributed by atoms with van der Waals surface area (Å²) in [5.41, 5.74) is 4.37. The maximum absolute atomic E-state index is 12.5. The minimum Gasteiger partial charge on any atom is -0.497 e. The highest BCUT2D eigenvalue weighted by Crippen LogP contribution is 2.21. The maximum atomic E-state index is 12.5. The van der Waals surface area contributed by atoms with Crippen molar-refractivity contribution < 1.29 is 14.3 Å². The fourth-order valence-corrected chi connectivity index (χ4v) is 3.86. The first-order valence-electron chi connectivity index (χ1n) is 11.5. The molecule has 1 fully saturated rings. The van der Waals surface area contributed by atoms with Crippen molar-refractivity contribution in [3.8, 4) is 5.75 Å². The van der Waals surface area contributed by atoms with Crippen LogP contribution < -0.4 is 20.3 Å². The number of carbonyl (C=O) groups is 2. The quantitative estimate of drug-likeness (QED) is 0.347. The second-order valence-corrected chi connectivity index (χ2v) is 8.22. The molecule has 174 valence electrons. The third-order valence-electron chi connectivity index (χ3n) is 5.83. The van der Waals surface area contributed by atoms with Crippen LogP contribution in [0.2, 0.25) is 0 Å². The lowest BCUT2D eigenvalue weighted by Crippen LogP contribution is -2.28. The number of nitrogens with one attached hydrogen (secondary N) is 2. The number of ether oxygens (including phenoxy) is 1. The molecule has 2 amide bonds. The van der Waals surface area contributed by atoms with E-state index in [9.17, 15) is 9.59 Å². The molecule has 3 aromatic rings. The number of benzene rings is 3. The van der Waals surface area contributed by atoms with E-state index in [2.05, 4.69) is 27.7 Å². The third kappa shape index (κ3) is 6.25. The molecule has 1 heterocycles. The number of urea groups is 1. The molecule has 0 spiro atoms. The van der Waals surface area contributed by atoms with Crippen molar-refractivity contribution in [1.29, 1.82) is 0 Å². The average Bonchev–Trinajstić information content (AvgIpc) is 3.42. The number of anilines is 2. The standard InChI is InChI=1S/C28H29N3O3/c1-34-26-15-6-22(7-16-26)20-29-28(33)30-24-11-9-23(10-12-24)27(32)17-8-21-4-13-25(14-5-21)31-18-2-3-19-31/h4-17H,2-3,18-20H2,1H3,(H2,29,30,33)/b17-8+. The maximum Gasteiger partial charge on any atom is 0.319 e. The van der Waals surface area contributed by atoms with Gasteiger partial charge in [0.25, 0.3) is 0 Å². The molecule has 3 aromatic carbocycles. The van der Waals surface area contributed by atoms with Gasteiger partial charge in [0.15, 0.2) is 5.78 Å². The van der Waals surface area contributed by atoms with Crippen molar-refractivity contribution in [2.75, 3.05) is 30.4 Å². The number of hydrogen-bond acceptors (Lipinski definition) is 4. The van der Waals surface area contributed by atoms with Gasteiger partial charge < -0.3 is 20.3 Å². The zero-order chi connectivity index (χ0) is 23.8. The summed E-state index contributed by atoms with van der Waals surface area (Å²) in [4.78, 5) is 27.1. The summed E-state index contributed by atoms with van der Waals surface area (Å²) in [5.74, 6) is 0.687. The summed E-state index contributed by atoms with van der Waals surface area (Å²) in [6.07, 6.45) is 5.90. The molecule has 6 nitrogen and oxygen atoms in total. The van der Waals surface area contributed by atoms with E-state index in [1.165, 1.54) is 18.5 Å². The summed E-state index contributed by atoms with van der Waals surface area (Å²) in [7, 11) is 1.61. The zero-order valence-corrected chi connectivity index (χ0v) is 19.3. The highest BCUT2D eigenvalue weighted by atomic mass is 16.5. The molecule has 34 heavy (non-hydrogen) atoms. The van der Waals surface area contributed by atoms with Gasteiger partial charge in [0.05, 0.1) is 7.11 Å². The Hall–Kier alpha value is -4.06. The first-order chi connectivity index (χ1) is 16.6. The van der Waals surface area contributed by atoms with Crippen molar-refractivity contribution in [3.63, 3.8) is 0 Å². The number of nitrogens with zero attached hydrogens (tertiary/aromatic N) is 1. The van der Waals surface area contributed by atoms with Crippen LogP contribution in [0.3, 0.4) is 0 Å². The SMILES string of the molecule is COc1ccc(CNC(=O)Nc2ccc(C(=O)/C=C/c3ccc(N4CCCC4)cc3)cc2)cc1. The van der Waals surface area contributed by atoms with Crippen LogP contribution in [0, 0.1) is 0 Å². The molecule has 4 rings (SSSR count). The molecule has 1 saturated heterocycles. The van der Waals surface area contributed by atoms with E-state index in [-0.39, 0.29) is 11.8 Å². The molecule has 1 aliphatic rings. The van der Waals surface area contributed by atoms with Gasteiger partial charge in [-0.2, -0.15) is 0 Å². The number of allylic oxidation sites excluding steroid dienone is 1. The Morgan fingerprint density at radius 1 is 0.912 bits per heavy atom. The molecule has 0 saturated carbocycles. The van der Waals surface area contributed by atoms with Crippen molar-refractivity contribution >= 4 is 29.3 Å². The third-order valence-corrected chi connectivity index (χ3v) is 5.83. The minimum absolute atomic E-state index is 0.0841. The van der Waals surface area contributed by atoms with Crippen molar-refractivity contribution in [2.24, 2.45) is 0 Å². The first-order valence-corrected chi connectivity index (χ1v) is 11.5. The van der Waals surface area contributed by atoms with E-state index in [1.54, 1.807) is 37.5 Å². The fraction of sp³-hybridized carbons (Fsp3) is 0.214. The normalized spacial score (nSPS) is 13.1. The largest absolute Gasteiger partial charge is 0.497 e. The summed E-state index contributed by atoms with van der Waals surface area (Å²) in [5, 5.41) is 5.59. The first kappa shape index (κ1) is 23.1. The number of ketones is 1. The van der Waals surface area contributed by atoms with Crippen molar-refractivity contribution in [2.45, 2.75) is 19.4 Å². The molecule has 0 atom stereocenters. The fourth-order valence-electron chi connectivity index (χ4n) is 3.86. The Kier molecular flexibility index (Phi) is 7.60. The van der Waals surface area contributed by atoms with Crippen LogP contribution in [0.25, 0.3) is 6.08 Å². The van der Waals surface area contributed by atoms with Crippen LogP contribution in [-0.4, -0.2) is 32.0 Å². The lowest BCUT2D eigenvalue weighted by molar-refractivity contribution is 0.104. The minimum atomic E-state index is -0.313. The predicted octanol–water partition coefficient (Wildman–Crippen LogP) is 5.51. The molecule has 6 heteroatoms. The van der Waals surface area contributed by atoms with Crippen LogP contribution in [0.4, 0.5) is 16.2 Å². The van der Waals surface area contributed by atoms with Crippen molar-refractivity contribution in [3.05, 3.63) is 95.6 Å². The Morgan fingerprint density at radius 3 is 2.24 bits per heavy atom. The number of rotatable bonds is 8. The molecule has 0 bridgehead atoms. The molecule has 2 N–H and O–H groups in total. The van der Waals surface area contributed by atoms with Gasteiger partial charge in [-0.3, -0.25) is 4.79 Å². The molecular formula is C28H29N3O3. The number of methoxy groups -OCH3 is 1. The Balaban J connectivity index is 1.26. The second-order valence-electron chi connectivity index (χ2n) is 8.22. The Labute approximate surface area is 200 Å². The van der Waals surface area contributed by atoms with Crippen LogP contribution in [0.15, 0.2) is 78.9 Å². The van der Waals surface area contributed by atoms with Crippen LogP contribution in [0.5, 0.6) is 5.75 Å². The van der Waals surface area contributed by atoms with Crippen molar-refractivity contribution in [1.82, 2.24) is 5.32 Å². The summed E-state index contributed by atoms with van der Waals surface area (Å²) >= 11 is 0. The van der Waals surface area contributed by atoms with E-state index in [0.29, 0.717) is 17.8 Å². The van der Waals surface area contributed by atoms with Gasteiger partial charge >= 0.3 is 6.03 Å². The molecule has 0 aliphatic carbocycles. The lowest BCUT2D eigenvalue weighted by atomic mass is 10.1. The van der Waals surface area contributed by atoms with E-state index >= 15 is 0 Å². The summed E-state index contributed by atoms with van der Waals surface area (Å²) < 4.78 is 5.13. The van der Waals surface area contributed by atoms with Gasteiger partial charge in [-0.15, -0.1) is 0 Å². The Morgan fingerprint density at radius 2 is 1.59 bits per heavy atom. The number of amides is 2. The Bertz CT molecular complexity index is 1130. The van der Waals surface area contributed by atoms with Gasteiger partial charge in [-0.05, 0) is 78.6 Å². The number of hydrogen-bond donors (Lipinski definition) is 2. The highest BCUT2D eigenvalue weighted by molar-refractivity contribution is 6.07. The van der Waals surface area contributed by atoms with Gasteiger partial charge in [-0.1, -0.05) is 30.3 Å². The van der Waals surface area contributed by atoms with Gasteiger partial charge in [0, 0.05) is 36.6 Å². The topological polar surface area (TPSA) is 70.7 Å². The summed E-state index contributed by atoms with van der Waals surface area (Å²) in [6.45, 7) is 2.63.